The Hall–Kier alpha value is -0.980. The number of rotatable bonds is 5. The van der Waals surface area contributed by atoms with Crippen LogP contribution in [0.5, 0.6) is 0 Å². The van der Waals surface area contributed by atoms with Crippen molar-refractivity contribution in [3.63, 3.8) is 0 Å². The van der Waals surface area contributed by atoms with Crippen LogP contribution in [-0.4, -0.2) is 41.8 Å². The lowest BCUT2D eigenvalue weighted by Gasteiger charge is -2.24. The lowest BCUT2D eigenvalue weighted by molar-refractivity contribution is -0.138. The molecule has 0 aliphatic rings. The summed E-state index contributed by atoms with van der Waals surface area (Å²) in [5.41, 5.74) is 5.24. The van der Waals surface area contributed by atoms with E-state index >= 15 is 0 Å². The van der Waals surface area contributed by atoms with Crippen molar-refractivity contribution in [3.8, 4) is 0 Å². The first-order valence-electron chi connectivity index (χ1n) is 4.49. The van der Waals surface area contributed by atoms with Crippen molar-refractivity contribution in [1.82, 2.24) is 4.90 Å². The Kier molecular flexibility index (Phi) is 5.41. The van der Waals surface area contributed by atoms with Crippen molar-refractivity contribution < 1.29 is 18.4 Å². The highest BCUT2D eigenvalue weighted by Gasteiger charge is 2.27. The van der Waals surface area contributed by atoms with Crippen molar-refractivity contribution in [3.05, 3.63) is 0 Å². The summed E-state index contributed by atoms with van der Waals surface area (Å²) in [4.78, 5) is 1.52. The van der Waals surface area contributed by atoms with E-state index in [1.54, 1.807) is 14.0 Å². The minimum atomic E-state index is -4.15. The summed E-state index contributed by atoms with van der Waals surface area (Å²) >= 11 is 0. The molecule has 0 spiro atoms. The molecule has 7 heteroatoms. The average molecular weight is 227 g/mol. The first-order chi connectivity index (χ1) is 6.76. The van der Waals surface area contributed by atoms with E-state index in [4.69, 9.17) is 10.9 Å². The van der Waals surface area contributed by atoms with Gasteiger partial charge in [-0.2, -0.15) is 13.2 Å². The Morgan fingerprint density at radius 3 is 2.47 bits per heavy atom. The summed E-state index contributed by atoms with van der Waals surface area (Å²) in [5, 5.41) is 11.1. The summed E-state index contributed by atoms with van der Waals surface area (Å²) in [6, 6.07) is -0.191. The zero-order valence-electron chi connectivity index (χ0n) is 8.75. The van der Waals surface area contributed by atoms with Crippen LogP contribution < -0.4 is 5.73 Å². The van der Waals surface area contributed by atoms with Crippen molar-refractivity contribution in [2.24, 2.45) is 10.9 Å². The Morgan fingerprint density at radius 1 is 1.53 bits per heavy atom. The van der Waals surface area contributed by atoms with Gasteiger partial charge in [-0.05, 0) is 14.0 Å². The minimum absolute atomic E-state index is 0.0151. The standard InChI is InChI=1S/C8H16F3N3O/c1-6(5-7(12)13-15)14(2)4-3-8(9,10)11/h6,15H,3-5H2,1-2H3,(H2,12,13). The number of hydrogen-bond donors (Lipinski definition) is 2. The maximum Gasteiger partial charge on any atom is 0.390 e. The normalized spacial score (nSPS) is 15.7. The Bertz CT molecular complexity index is 218. The van der Waals surface area contributed by atoms with E-state index in [1.807, 2.05) is 0 Å². The molecule has 1 atom stereocenters. The maximum atomic E-state index is 11.9. The van der Waals surface area contributed by atoms with Crippen molar-refractivity contribution in [2.75, 3.05) is 13.6 Å². The summed E-state index contributed by atoms with van der Waals surface area (Å²) in [6.45, 7) is 1.62. The van der Waals surface area contributed by atoms with Crippen LogP contribution >= 0.6 is 0 Å². The fourth-order valence-electron chi connectivity index (χ4n) is 1.02. The summed E-state index contributed by atoms with van der Waals surface area (Å²) < 4.78 is 35.7. The van der Waals surface area contributed by atoms with Gasteiger partial charge in [-0.1, -0.05) is 5.16 Å². The molecule has 0 saturated carbocycles. The monoisotopic (exact) mass is 227 g/mol. The van der Waals surface area contributed by atoms with Crippen LogP contribution in [0.1, 0.15) is 19.8 Å². The summed E-state index contributed by atoms with van der Waals surface area (Å²) in [5.74, 6) is 0.0151. The van der Waals surface area contributed by atoms with Crippen LogP contribution in [-0.2, 0) is 0 Å². The van der Waals surface area contributed by atoms with Crippen LogP contribution in [0.15, 0.2) is 5.16 Å². The number of alkyl halides is 3. The largest absolute Gasteiger partial charge is 0.409 e. The predicted octanol–water partition coefficient (Wildman–Crippen LogP) is 1.40. The molecule has 0 fully saturated rings. The average Bonchev–Trinajstić information content (AvgIpc) is 2.12. The van der Waals surface area contributed by atoms with Gasteiger partial charge in [0.15, 0.2) is 0 Å². The first kappa shape index (κ1) is 14.0. The Morgan fingerprint density at radius 2 is 2.07 bits per heavy atom. The molecule has 0 aliphatic carbocycles. The molecule has 0 aromatic rings. The topological polar surface area (TPSA) is 61.9 Å². The fraction of sp³-hybridized carbons (Fsp3) is 0.875. The lowest BCUT2D eigenvalue weighted by Crippen LogP contribution is -2.35. The quantitative estimate of drug-likeness (QED) is 0.323. The molecular weight excluding hydrogens is 211 g/mol. The Balaban J connectivity index is 3.94. The molecule has 0 bridgehead atoms. The number of hydrogen-bond acceptors (Lipinski definition) is 3. The molecule has 0 aromatic heterocycles. The summed E-state index contributed by atoms with van der Waals surface area (Å²) in [6.07, 6.45) is -4.76. The number of amidine groups is 1. The third kappa shape index (κ3) is 7.01. The Labute approximate surface area is 86.5 Å². The van der Waals surface area contributed by atoms with Gasteiger partial charge in [0.05, 0.1) is 6.42 Å². The molecule has 15 heavy (non-hydrogen) atoms. The highest BCUT2D eigenvalue weighted by atomic mass is 19.4. The van der Waals surface area contributed by atoms with E-state index in [-0.39, 0.29) is 24.8 Å². The van der Waals surface area contributed by atoms with Gasteiger partial charge in [-0.25, -0.2) is 0 Å². The van der Waals surface area contributed by atoms with Gasteiger partial charge in [0.2, 0.25) is 0 Å². The van der Waals surface area contributed by atoms with Gasteiger partial charge in [-0.3, -0.25) is 0 Å². The molecule has 0 rings (SSSR count). The highest BCUT2D eigenvalue weighted by molar-refractivity contribution is 5.80. The molecule has 0 saturated heterocycles. The van der Waals surface area contributed by atoms with Crippen LogP contribution in [0, 0.1) is 0 Å². The predicted molar refractivity (Wildman–Crippen MR) is 50.8 cm³/mol. The van der Waals surface area contributed by atoms with Crippen molar-refractivity contribution in [2.45, 2.75) is 32.0 Å². The van der Waals surface area contributed by atoms with E-state index in [2.05, 4.69) is 5.16 Å². The first-order valence-corrected chi connectivity index (χ1v) is 4.49. The molecular formula is C8H16F3N3O. The van der Waals surface area contributed by atoms with Gasteiger partial charge in [0.1, 0.15) is 5.84 Å². The second-order valence-corrected chi connectivity index (χ2v) is 3.49. The number of nitrogens with zero attached hydrogens (tertiary/aromatic N) is 2. The fourth-order valence-corrected chi connectivity index (χ4v) is 1.02. The molecule has 0 amide bonds. The second-order valence-electron chi connectivity index (χ2n) is 3.49. The highest BCUT2D eigenvalue weighted by Crippen LogP contribution is 2.20. The molecule has 0 heterocycles. The maximum absolute atomic E-state index is 11.9. The van der Waals surface area contributed by atoms with Crippen LogP contribution in [0.25, 0.3) is 0 Å². The van der Waals surface area contributed by atoms with Gasteiger partial charge in [-0.15, -0.1) is 0 Å². The van der Waals surface area contributed by atoms with E-state index in [0.717, 1.165) is 0 Å². The molecule has 0 aliphatic heterocycles. The molecule has 3 N–H and O–H groups in total. The van der Waals surface area contributed by atoms with E-state index < -0.39 is 12.6 Å². The summed E-state index contributed by atoms with van der Waals surface area (Å²) in [7, 11) is 1.57. The van der Waals surface area contributed by atoms with Gasteiger partial charge >= 0.3 is 6.18 Å². The third-order valence-corrected chi connectivity index (χ3v) is 2.13. The smallest absolute Gasteiger partial charge is 0.390 e. The van der Waals surface area contributed by atoms with Gasteiger partial charge in [0.25, 0.3) is 0 Å². The van der Waals surface area contributed by atoms with Gasteiger partial charge in [0, 0.05) is 19.0 Å². The van der Waals surface area contributed by atoms with Crippen molar-refractivity contribution >= 4 is 5.84 Å². The zero-order chi connectivity index (χ0) is 12.1. The molecule has 0 aromatic carbocycles. The molecule has 4 nitrogen and oxygen atoms in total. The zero-order valence-corrected chi connectivity index (χ0v) is 8.75. The van der Waals surface area contributed by atoms with E-state index in [0.29, 0.717) is 0 Å². The minimum Gasteiger partial charge on any atom is -0.409 e. The molecule has 90 valence electrons. The molecule has 1 unspecified atom stereocenters. The molecule has 0 radical (unpaired) electrons. The number of nitrogens with two attached hydrogens (primary N) is 1. The van der Waals surface area contributed by atoms with E-state index in [9.17, 15) is 13.2 Å². The number of halogens is 3. The van der Waals surface area contributed by atoms with Gasteiger partial charge < -0.3 is 15.8 Å². The van der Waals surface area contributed by atoms with Crippen LogP contribution in [0.4, 0.5) is 13.2 Å². The third-order valence-electron chi connectivity index (χ3n) is 2.13. The second kappa shape index (κ2) is 5.79. The lowest BCUT2D eigenvalue weighted by atomic mass is 10.2. The SMILES string of the molecule is CC(CC(N)=NO)N(C)CCC(F)(F)F. The van der Waals surface area contributed by atoms with Crippen LogP contribution in [0.2, 0.25) is 0 Å². The van der Waals surface area contributed by atoms with Crippen molar-refractivity contribution in [1.29, 1.82) is 0 Å². The van der Waals surface area contributed by atoms with E-state index in [1.165, 1.54) is 4.90 Å². The number of oxime groups is 1. The van der Waals surface area contributed by atoms with Crippen LogP contribution in [0.3, 0.4) is 0 Å².